The standard InChI is InChI=1S/C12H19N3/c1-12(2)7-11(12)14-6-5-10-4-3-9(13)8-15-10/h3-4,8,11,14H,5-7,13H2,1-2H3. The number of anilines is 1. The van der Waals surface area contributed by atoms with Crippen LogP contribution in [0.15, 0.2) is 18.3 Å². The van der Waals surface area contributed by atoms with E-state index in [0.717, 1.165) is 24.3 Å². The molecule has 0 aromatic carbocycles. The van der Waals surface area contributed by atoms with Gasteiger partial charge in [-0.3, -0.25) is 4.98 Å². The summed E-state index contributed by atoms with van der Waals surface area (Å²) in [5.74, 6) is 0. The molecule has 1 heterocycles. The van der Waals surface area contributed by atoms with Crippen LogP contribution in [0.4, 0.5) is 5.69 Å². The molecule has 15 heavy (non-hydrogen) atoms. The van der Waals surface area contributed by atoms with Crippen LogP contribution in [0.25, 0.3) is 0 Å². The predicted octanol–water partition coefficient (Wildman–Crippen LogP) is 1.59. The van der Waals surface area contributed by atoms with Crippen molar-refractivity contribution in [2.45, 2.75) is 32.7 Å². The Hall–Kier alpha value is -1.09. The van der Waals surface area contributed by atoms with Crippen molar-refractivity contribution >= 4 is 5.69 Å². The average molecular weight is 205 g/mol. The molecule has 1 aliphatic rings. The number of nitrogens with two attached hydrogens (primary N) is 1. The monoisotopic (exact) mass is 205 g/mol. The molecule has 0 aliphatic heterocycles. The number of hydrogen-bond acceptors (Lipinski definition) is 3. The van der Waals surface area contributed by atoms with Gasteiger partial charge in [-0.2, -0.15) is 0 Å². The molecule has 0 radical (unpaired) electrons. The fraction of sp³-hybridized carbons (Fsp3) is 0.583. The zero-order chi connectivity index (χ0) is 10.9. The molecule has 3 N–H and O–H groups in total. The Bertz CT molecular complexity index is 329. The molecule has 0 bridgehead atoms. The van der Waals surface area contributed by atoms with E-state index in [1.807, 2.05) is 12.1 Å². The first-order chi connectivity index (χ1) is 7.08. The Labute approximate surface area is 91.1 Å². The molecule has 1 unspecified atom stereocenters. The van der Waals surface area contributed by atoms with Gasteiger partial charge >= 0.3 is 0 Å². The van der Waals surface area contributed by atoms with Crippen LogP contribution in [0.3, 0.4) is 0 Å². The molecule has 1 aromatic heterocycles. The molecule has 1 fully saturated rings. The SMILES string of the molecule is CC1(C)CC1NCCc1ccc(N)cn1. The normalized spacial score (nSPS) is 22.7. The maximum absolute atomic E-state index is 5.57. The second kappa shape index (κ2) is 3.81. The average Bonchev–Trinajstić information content (AvgIpc) is 2.78. The highest BCUT2D eigenvalue weighted by atomic mass is 15.0. The van der Waals surface area contributed by atoms with Crippen molar-refractivity contribution in [2.75, 3.05) is 12.3 Å². The van der Waals surface area contributed by atoms with Crippen molar-refractivity contribution in [2.24, 2.45) is 5.41 Å². The van der Waals surface area contributed by atoms with Gasteiger partial charge in [0.05, 0.1) is 11.9 Å². The lowest BCUT2D eigenvalue weighted by molar-refractivity contribution is 0.542. The van der Waals surface area contributed by atoms with Crippen molar-refractivity contribution < 1.29 is 0 Å². The van der Waals surface area contributed by atoms with Crippen LogP contribution >= 0.6 is 0 Å². The lowest BCUT2D eigenvalue weighted by Gasteiger charge is -2.06. The Morgan fingerprint density at radius 3 is 2.80 bits per heavy atom. The highest BCUT2D eigenvalue weighted by molar-refractivity contribution is 5.34. The summed E-state index contributed by atoms with van der Waals surface area (Å²) in [6.07, 6.45) is 3.99. The smallest absolute Gasteiger partial charge is 0.0501 e. The Morgan fingerprint density at radius 2 is 2.27 bits per heavy atom. The van der Waals surface area contributed by atoms with E-state index in [9.17, 15) is 0 Å². The second-order valence-electron chi connectivity index (χ2n) is 5.03. The van der Waals surface area contributed by atoms with Crippen LogP contribution in [0, 0.1) is 5.41 Å². The minimum absolute atomic E-state index is 0.508. The molecule has 3 heteroatoms. The van der Waals surface area contributed by atoms with Crippen LogP contribution in [-0.2, 0) is 6.42 Å². The minimum atomic E-state index is 0.508. The lowest BCUT2D eigenvalue weighted by atomic mass is 10.2. The van der Waals surface area contributed by atoms with Gasteiger partial charge in [-0.25, -0.2) is 0 Å². The van der Waals surface area contributed by atoms with Gasteiger partial charge in [0.15, 0.2) is 0 Å². The number of nitrogen functional groups attached to an aromatic ring is 1. The summed E-state index contributed by atoms with van der Waals surface area (Å²) in [6, 6.07) is 4.60. The van der Waals surface area contributed by atoms with E-state index in [4.69, 9.17) is 5.73 Å². The number of pyridine rings is 1. The third-order valence-corrected chi connectivity index (χ3v) is 3.13. The van der Waals surface area contributed by atoms with Crippen molar-refractivity contribution in [3.63, 3.8) is 0 Å². The highest BCUT2D eigenvalue weighted by Crippen LogP contribution is 2.44. The zero-order valence-electron chi connectivity index (χ0n) is 9.46. The predicted molar refractivity (Wildman–Crippen MR) is 62.5 cm³/mol. The van der Waals surface area contributed by atoms with E-state index in [0.29, 0.717) is 11.5 Å². The maximum Gasteiger partial charge on any atom is 0.0501 e. The van der Waals surface area contributed by atoms with Crippen molar-refractivity contribution in [3.8, 4) is 0 Å². The maximum atomic E-state index is 5.57. The van der Waals surface area contributed by atoms with Gasteiger partial charge in [0, 0.05) is 24.7 Å². The van der Waals surface area contributed by atoms with E-state index < -0.39 is 0 Å². The first-order valence-electron chi connectivity index (χ1n) is 5.52. The summed E-state index contributed by atoms with van der Waals surface area (Å²) >= 11 is 0. The summed E-state index contributed by atoms with van der Waals surface area (Å²) < 4.78 is 0. The Balaban J connectivity index is 1.72. The van der Waals surface area contributed by atoms with Crippen molar-refractivity contribution in [1.29, 1.82) is 0 Å². The molecule has 1 aliphatic carbocycles. The topological polar surface area (TPSA) is 50.9 Å². The van der Waals surface area contributed by atoms with E-state index in [1.165, 1.54) is 6.42 Å². The van der Waals surface area contributed by atoms with Gasteiger partial charge in [-0.05, 0) is 24.0 Å². The summed E-state index contributed by atoms with van der Waals surface area (Å²) in [5, 5.41) is 3.54. The van der Waals surface area contributed by atoms with Crippen LogP contribution in [0.5, 0.6) is 0 Å². The molecule has 0 saturated heterocycles. The molecule has 0 amide bonds. The van der Waals surface area contributed by atoms with Gasteiger partial charge in [-0.1, -0.05) is 13.8 Å². The fourth-order valence-electron chi connectivity index (χ4n) is 1.77. The minimum Gasteiger partial charge on any atom is -0.397 e. The van der Waals surface area contributed by atoms with Gasteiger partial charge in [-0.15, -0.1) is 0 Å². The van der Waals surface area contributed by atoms with Gasteiger partial charge in [0.25, 0.3) is 0 Å². The molecule has 2 rings (SSSR count). The molecule has 1 atom stereocenters. The Kier molecular flexibility index (Phi) is 2.65. The van der Waals surface area contributed by atoms with Crippen LogP contribution in [0.1, 0.15) is 26.0 Å². The number of nitrogens with zero attached hydrogens (tertiary/aromatic N) is 1. The molecule has 82 valence electrons. The lowest BCUT2D eigenvalue weighted by Crippen LogP contribution is -2.23. The quantitative estimate of drug-likeness (QED) is 0.785. The Morgan fingerprint density at radius 1 is 1.53 bits per heavy atom. The zero-order valence-corrected chi connectivity index (χ0v) is 9.46. The molecule has 1 aromatic rings. The van der Waals surface area contributed by atoms with Gasteiger partial charge in [0.1, 0.15) is 0 Å². The van der Waals surface area contributed by atoms with E-state index in [-0.39, 0.29) is 0 Å². The molecule has 0 spiro atoms. The molecular weight excluding hydrogens is 186 g/mol. The van der Waals surface area contributed by atoms with E-state index in [2.05, 4.69) is 24.1 Å². The second-order valence-corrected chi connectivity index (χ2v) is 5.03. The van der Waals surface area contributed by atoms with Gasteiger partial charge < -0.3 is 11.1 Å². The summed E-state index contributed by atoms with van der Waals surface area (Å²) in [5.41, 5.74) is 7.92. The van der Waals surface area contributed by atoms with E-state index >= 15 is 0 Å². The molecule has 3 nitrogen and oxygen atoms in total. The van der Waals surface area contributed by atoms with Crippen molar-refractivity contribution in [3.05, 3.63) is 24.0 Å². The van der Waals surface area contributed by atoms with Crippen LogP contribution in [-0.4, -0.2) is 17.6 Å². The van der Waals surface area contributed by atoms with Gasteiger partial charge in [0.2, 0.25) is 0 Å². The number of hydrogen-bond donors (Lipinski definition) is 2. The third kappa shape index (κ3) is 2.69. The summed E-state index contributed by atoms with van der Waals surface area (Å²) in [7, 11) is 0. The van der Waals surface area contributed by atoms with Crippen LogP contribution in [0.2, 0.25) is 0 Å². The first kappa shape index (κ1) is 10.4. The fourth-order valence-corrected chi connectivity index (χ4v) is 1.77. The summed E-state index contributed by atoms with van der Waals surface area (Å²) in [6.45, 7) is 5.60. The van der Waals surface area contributed by atoms with E-state index in [1.54, 1.807) is 6.20 Å². The first-order valence-corrected chi connectivity index (χ1v) is 5.52. The highest BCUT2D eigenvalue weighted by Gasteiger charge is 2.44. The third-order valence-electron chi connectivity index (χ3n) is 3.13. The number of aromatic nitrogens is 1. The molecular formula is C12H19N3. The summed E-state index contributed by atoms with van der Waals surface area (Å²) in [4.78, 5) is 4.27. The largest absolute Gasteiger partial charge is 0.397 e. The van der Waals surface area contributed by atoms with Crippen LogP contribution < -0.4 is 11.1 Å². The van der Waals surface area contributed by atoms with Crippen molar-refractivity contribution in [1.82, 2.24) is 10.3 Å². The number of rotatable bonds is 4. The number of nitrogens with one attached hydrogen (secondary N) is 1. The molecule has 1 saturated carbocycles.